The Morgan fingerprint density at radius 1 is 1.15 bits per heavy atom. The van der Waals surface area contributed by atoms with Gasteiger partial charge in [0.25, 0.3) is 0 Å². The highest BCUT2D eigenvalue weighted by Gasteiger charge is 2.39. The van der Waals surface area contributed by atoms with E-state index in [1.807, 2.05) is 0 Å². The summed E-state index contributed by atoms with van der Waals surface area (Å²) in [5.41, 5.74) is 4.73. The summed E-state index contributed by atoms with van der Waals surface area (Å²) in [6.45, 7) is 5.15. The molecule has 1 amide bonds. The molecule has 1 unspecified atom stereocenters. The molecule has 1 aromatic carbocycles. The normalized spacial score (nSPS) is 23.3. The number of aromatic nitrogens is 2. The van der Waals surface area contributed by atoms with Crippen molar-refractivity contribution in [1.82, 2.24) is 15.3 Å². The number of imidazole rings is 1. The van der Waals surface area contributed by atoms with E-state index in [-0.39, 0.29) is 17.2 Å². The predicted molar refractivity (Wildman–Crippen MR) is 104 cm³/mol. The molecule has 3 aliphatic rings. The first-order valence-corrected chi connectivity index (χ1v) is 10.0. The zero-order chi connectivity index (χ0) is 17.9. The number of hydrogen-bond donors (Lipinski definition) is 2. The second kappa shape index (κ2) is 5.70. The highest BCUT2D eigenvalue weighted by molar-refractivity contribution is 5.83. The Bertz CT molecular complexity index is 885. The number of rotatable bonds is 5. The van der Waals surface area contributed by atoms with Gasteiger partial charge in [-0.1, -0.05) is 25.5 Å². The largest absolute Gasteiger partial charge is 0.356 e. The lowest BCUT2D eigenvalue weighted by atomic mass is 9.72. The first kappa shape index (κ1) is 16.1. The van der Waals surface area contributed by atoms with Crippen LogP contribution < -0.4 is 5.32 Å². The first-order chi connectivity index (χ1) is 12.5. The average molecular weight is 349 g/mol. The van der Waals surface area contributed by atoms with Crippen molar-refractivity contribution in [3.05, 3.63) is 35.2 Å². The number of nitrogens with one attached hydrogen (secondary N) is 2. The molecule has 3 fully saturated rings. The van der Waals surface area contributed by atoms with Gasteiger partial charge in [-0.25, -0.2) is 4.98 Å². The Balaban J connectivity index is 1.48. The van der Waals surface area contributed by atoms with E-state index >= 15 is 0 Å². The summed E-state index contributed by atoms with van der Waals surface area (Å²) < 4.78 is 0. The minimum Gasteiger partial charge on any atom is -0.356 e. The van der Waals surface area contributed by atoms with E-state index in [0.717, 1.165) is 41.7 Å². The molecule has 0 spiro atoms. The number of benzene rings is 1. The Kier molecular flexibility index (Phi) is 3.53. The van der Waals surface area contributed by atoms with Crippen molar-refractivity contribution < 1.29 is 4.79 Å². The van der Waals surface area contributed by atoms with Crippen LogP contribution in [0.4, 0.5) is 0 Å². The first-order valence-electron chi connectivity index (χ1n) is 10.0. The Hall–Kier alpha value is -2.10. The second-order valence-electron chi connectivity index (χ2n) is 8.90. The lowest BCUT2D eigenvalue weighted by molar-refractivity contribution is -0.124. The third kappa shape index (κ3) is 2.76. The van der Waals surface area contributed by atoms with E-state index in [1.54, 1.807) is 5.57 Å². The predicted octanol–water partition coefficient (Wildman–Crippen LogP) is 4.18. The summed E-state index contributed by atoms with van der Waals surface area (Å²) in [4.78, 5) is 20.5. The molecule has 4 heteroatoms. The number of aromatic amines is 1. The van der Waals surface area contributed by atoms with Gasteiger partial charge in [-0.3, -0.25) is 4.79 Å². The van der Waals surface area contributed by atoms with Gasteiger partial charge in [-0.15, -0.1) is 0 Å². The van der Waals surface area contributed by atoms with Crippen LogP contribution in [-0.2, 0) is 10.2 Å². The number of fused-ring (bicyclic) bond motifs is 1. The smallest absolute Gasteiger partial charge is 0.224 e. The molecule has 2 heterocycles. The number of allylic oxidation sites excluding steroid dienone is 1. The topological polar surface area (TPSA) is 57.8 Å². The number of nitrogens with zero attached hydrogens (tertiary/aromatic N) is 1. The van der Waals surface area contributed by atoms with Gasteiger partial charge in [0.05, 0.1) is 11.0 Å². The van der Waals surface area contributed by atoms with Gasteiger partial charge in [-0.2, -0.15) is 0 Å². The van der Waals surface area contributed by atoms with Crippen molar-refractivity contribution in [2.24, 2.45) is 17.8 Å². The standard InChI is InChI=1S/C22H27N3O/c1-22(2,17-9-10-23-21(17)26)15-7-8-18-19(11-15)25-20(24-18)12-16(13-3-4-13)14-5-6-14/h7-8,11-14,17H,3-6,9-10H2,1-2H3,(H,23,26)(H,24,25). The summed E-state index contributed by atoms with van der Waals surface area (Å²) in [7, 11) is 0. The zero-order valence-electron chi connectivity index (χ0n) is 15.6. The maximum atomic E-state index is 12.2. The number of H-pyrrole nitrogens is 1. The fourth-order valence-electron chi connectivity index (χ4n) is 4.54. The van der Waals surface area contributed by atoms with Gasteiger partial charge in [-0.05, 0) is 67.7 Å². The van der Waals surface area contributed by atoms with Crippen LogP contribution in [0.5, 0.6) is 0 Å². The number of amides is 1. The van der Waals surface area contributed by atoms with Gasteiger partial charge < -0.3 is 10.3 Å². The molecule has 1 atom stereocenters. The van der Waals surface area contributed by atoms with E-state index in [9.17, 15) is 4.79 Å². The summed E-state index contributed by atoms with van der Waals surface area (Å²) in [5.74, 6) is 2.83. The molecular weight excluding hydrogens is 322 g/mol. The van der Waals surface area contributed by atoms with Crippen LogP contribution in [0.15, 0.2) is 23.8 Å². The van der Waals surface area contributed by atoms with Crippen LogP contribution in [0.2, 0.25) is 0 Å². The van der Waals surface area contributed by atoms with Crippen molar-refractivity contribution in [3.8, 4) is 0 Å². The van der Waals surface area contributed by atoms with E-state index in [0.29, 0.717) is 0 Å². The highest BCUT2D eigenvalue weighted by Crippen LogP contribution is 2.49. The molecule has 26 heavy (non-hydrogen) atoms. The molecular formula is C22H27N3O. The van der Waals surface area contributed by atoms with Crippen LogP contribution in [-0.4, -0.2) is 22.4 Å². The molecule has 136 valence electrons. The summed E-state index contributed by atoms with van der Waals surface area (Å²) in [6.07, 6.45) is 8.63. The van der Waals surface area contributed by atoms with Crippen molar-refractivity contribution in [1.29, 1.82) is 0 Å². The molecule has 0 bridgehead atoms. The van der Waals surface area contributed by atoms with Crippen LogP contribution in [0.3, 0.4) is 0 Å². The van der Waals surface area contributed by atoms with Gasteiger partial charge in [0.15, 0.2) is 0 Å². The third-order valence-electron chi connectivity index (χ3n) is 6.56. The minimum absolute atomic E-state index is 0.0403. The van der Waals surface area contributed by atoms with E-state index < -0.39 is 0 Å². The number of carbonyl (C=O) groups is 1. The SMILES string of the molecule is CC(C)(c1ccc2nc(C=C(C3CC3)C3CC3)[nH]c2c1)C1CCNC1=O. The van der Waals surface area contributed by atoms with Gasteiger partial charge in [0, 0.05) is 17.9 Å². The molecule has 2 aliphatic carbocycles. The van der Waals surface area contributed by atoms with Crippen LogP contribution in [0.25, 0.3) is 17.1 Å². The van der Waals surface area contributed by atoms with E-state index in [2.05, 4.69) is 48.4 Å². The zero-order valence-corrected chi connectivity index (χ0v) is 15.6. The second-order valence-corrected chi connectivity index (χ2v) is 8.90. The van der Waals surface area contributed by atoms with Gasteiger partial charge >= 0.3 is 0 Å². The lowest BCUT2D eigenvalue weighted by Gasteiger charge is -2.30. The quantitative estimate of drug-likeness (QED) is 0.851. The summed E-state index contributed by atoms with van der Waals surface area (Å²) in [6, 6.07) is 6.44. The molecule has 1 aromatic heterocycles. The third-order valence-corrected chi connectivity index (χ3v) is 6.56. The van der Waals surface area contributed by atoms with Crippen LogP contribution >= 0.6 is 0 Å². The average Bonchev–Trinajstić information content (AvgIpc) is 3.54. The molecule has 2 N–H and O–H groups in total. The summed E-state index contributed by atoms with van der Waals surface area (Å²) >= 11 is 0. The maximum absolute atomic E-state index is 12.2. The van der Waals surface area contributed by atoms with E-state index in [1.165, 1.54) is 31.2 Å². The Labute approximate surface area is 154 Å². The molecule has 2 saturated carbocycles. The molecule has 2 aromatic rings. The molecule has 5 rings (SSSR count). The maximum Gasteiger partial charge on any atom is 0.224 e. The Morgan fingerprint density at radius 2 is 1.88 bits per heavy atom. The Morgan fingerprint density at radius 3 is 2.50 bits per heavy atom. The van der Waals surface area contributed by atoms with Crippen molar-refractivity contribution >= 4 is 23.0 Å². The molecule has 1 saturated heterocycles. The fourth-order valence-corrected chi connectivity index (χ4v) is 4.54. The number of carbonyl (C=O) groups excluding carboxylic acids is 1. The summed E-state index contributed by atoms with van der Waals surface area (Å²) in [5, 5.41) is 2.97. The van der Waals surface area contributed by atoms with E-state index in [4.69, 9.17) is 4.98 Å². The van der Waals surface area contributed by atoms with Crippen LogP contribution in [0, 0.1) is 17.8 Å². The van der Waals surface area contributed by atoms with Crippen LogP contribution in [0.1, 0.15) is 57.3 Å². The monoisotopic (exact) mass is 349 g/mol. The van der Waals surface area contributed by atoms with Crippen molar-refractivity contribution in [2.45, 2.75) is 51.4 Å². The molecule has 1 aliphatic heterocycles. The minimum atomic E-state index is -0.178. The molecule has 4 nitrogen and oxygen atoms in total. The number of hydrogen-bond acceptors (Lipinski definition) is 2. The van der Waals surface area contributed by atoms with Gasteiger partial charge in [0.2, 0.25) is 5.91 Å². The fraction of sp³-hybridized carbons (Fsp3) is 0.545. The molecule has 0 radical (unpaired) electrons. The van der Waals surface area contributed by atoms with Gasteiger partial charge in [0.1, 0.15) is 5.82 Å². The lowest BCUT2D eigenvalue weighted by Crippen LogP contribution is -2.34. The van der Waals surface area contributed by atoms with Crippen molar-refractivity contribution in [2.75, 3.05) is 6.54 Å². The highest BCUT2D eigenvalue weighted by atomic mass is 16.2. The van der Waals surface area contributed by atoms with Crippen molar-refractivity contribution in [3.63, 3.8) is 0 Å².